The fourth-order valence-electron chi connectivity index (χ4n) is 2.98. The first kappa shape index (κ1) is 18.4. The number of halogens is 2. The topological polar surface area (TPSA) is 15.3 Å². The Kier molecular flexibility index (Phi) is 7.11. The zero-order chi connectivity index (χ0) is 16.0. The molecule has 1 atom stereocenters. The zero-order valence-electron chi connectivity index (χ0n) is 13.8. The minimum Gasteiger partial charge on any atom is -0.312 e. The Morgan fingerprint density at radius 3 is 2.33 bits per heavy atom. The van der Waals surface area contributed by atoms with Crippen LogP contribution in [-0.2, 0) is 6.42 Å². The Bertz CT molecular complexity index is 444. The molecule has 120 valence electrons. The quantitative estimate of drug-likeness (QED) is 0.776. The van der Waals surface area contributed by atoms with E-state index in [0.717, 1.165) is 31.6 Å². The predicted octanol–water partition coefficient (Wildman–Crippen LogP) is 4.12. The molecule has 1 aromatic carbocycles. The Balaban J connectivity index is 2.97. The second-order valence-electron chi connectivity index (χ2n) is 5.89. The van der Waals surface area contributed by atoms with Crippen LogP contribution in [0.4, 0.5) is 4.39 Å². The van der Waals surface area contributed by atoms with Crippen LogP contribution < -0.4 is 5.32 Å². The van der Waals surface area contributed by atoms with E-state index in [1.54, 1.807) is 12.1 Å². The molecule has 0 fully saturated rings. The van der Waals surface area contributed by atoms with E-state index in [9.17, 15) is 4.39 Å². The standard InChI is InChI=1S/C17H28ClFN2/c1-6-20-16(17(4,5)21(7-2)8-3)12-13-9-10-14(18)15(19)11-13/h9-11,16,20H,6-8,12H2,1-5H3. The van der Waals surface area contributed by atoms with Gasteiger partial charge in [0.1, 0.15) is 5.82 Å². The minimum atomic E-state index is -0.343. The van der Waals surface area contributed by atoms with E-state index in [1.807, 2.05) is 6.07 Å². The monoisotopic (exact) mass is 314 g/mol. The van der Waals surface area contributed by atoms with Crippen LogP contribution in [0, 0.1) is 5.82 Å². The lowest BCUT2D eigenvalue weighted by molar-refractivity contribution is 0.0918. The number of hydrogen-bond donors (Lipinski definition) is 1. The van der Waals surface area contributed by atoms with E-state index < -0.39 is 0 Å². The van der Waals surface area contributed by atoms with Crippen molar-refractivity contribution >= 4 is 11.6 Å². The summed E-state index contributed by atoms with van der Waals surface area (Å²) in [6, 6.07) is 5.35. The first-order valence-corrected chi connectivity index (χ1v) is 8.16. The first-order valence-electron chi connectivity index (χ1n) is 7.79. The summed E-state index contributed by atoms with van der Waals surface area (Å²) in [5.41, 5.74) is 0.971. The van der Waals surface area contributed by atoms with Crippen LogP contribution in [0.5, 0.6) is 0 Å². The van der Waals surface area contributed by atoms with Crippen LogP contribution in [0.15, 0.2) is 18.2 Å². The lowest BCUT2D eigenvalue weighted by Gasteiger charge is -2.44. The highest BCUT2D eigenvalue weighted by atomic mass is 35.5. The predicted molar refractivity (Wildman–Crippen MR) is 89.6 cm³/mol. The van der Waals surface area contributed by atoms with Crippen molar-refractivity contribution in [3.63, 3.8) is 0 Å². The highest BCUT2D eigenvalue weighted by Crippen LogP contribution is 2.24. The molecule has 0 bridgehead atoms. The van der Waals surface area contributed by atoms with Gasteiger partial charge in [0.25, 0.3) is 0 Å². The average molecular weight is 315 g/mol. The van der Waals surface area contributed by atoms with Gasteiger partial charge in [0.15, 0.2) is 0 Å². The van der Waals surface area contributed by atoms with E-state index in [0.29, 0.717) is 0 Å². The fraction of sp³-hybridized carbons (Fsp3) is 0.647. The third kappa shape index (κ3) is 4.67. The number of nitrogens with zero attached hydrogens (tertiary/aromatic N) is 1. The van der Waals surface area contributed by atoms with Gasteiger partial charge in [-0.15, -0.1) is 0 Å². The number of likely N-dealkylation sites (N-methyl/N-ethyl adjacent to an activating group) is 2. The molecule has 0 saturated carbocycles. The van der Waals surface area contributed by atoms with Crippen molar-refractivity contribution in [1.82, 2.24) is 10.2 Å². The zero-order valence-corrected chi connectivity index (χ0v) is 14.6. The molecule has 2 nitrogen and oxygen atoms in total. The lowest BCUT2D eigenvalue weighted by Crippen LogP contribution is -2.58. The molecule has 0 radical (unpaired) electrons. The average Bonchev–Trinajstić information content (AvgIpc) is 2.43. The van der Waals surface area contributed by atoms with Gasteiger partial charge in [-0.3, -0.25) is 4.90 Å². The maximum Gasteiger partial charge on any atom is 0.142 e. The van der Waals surface area contributed by atoms with Crippen LogP contribution in [0.2, 0.25) is 5.02 Å². The van der Waals surface area contributed by atoms with Crippen LogP contribution in [-0.4, -0.2) is 36.1 Å². The van der Waals surface area contributed by atoms with Crippen LogP contribution in [0.1, 0.15) is 40.2 Å². The Hall–Kier alpha value is -0.640. The molecule has 1 aromatic rings. The normalized spacial score (nSPS) is 13.7. The van der Waals surface area contributed by atoms with Gasteiger partial charge in [-0.2, -0.15) is 0 Å². The van der Waals surface area contributed by atoms with Gasteiger partial charge in [-0.25, -0.2) is 4.39 Å². The number of benzene rings is 1. The molecule has 0 spiro atoms. The highest BCUT2D eigenvalue weighted by molar-refractivity contribution is 6.30. The molecule has 0 heterocycles. The molecule has 0 saturated heterocycles. The minimum absolute atomic E-state index is 0.00434. The van der Waals surface area contributed by atoms with Crippen molar-refractivity contribution in [1.29, 1.82) is 0 Å². The van der Waals surface area contributed by atoms with Gasteiger partial charge in [0, 0.05) is 11.6 Å². The van der Waals surface area contributed by atoms with Gasteiger partial charge in [0.05, 0.1) is 5.02 Å². The van der Waals surface area contributed by atoms with Gasteiger partial charge >= 0.3 is 0 Å². The van der Waals surface area contributed by atoms with E-state index in [1.165, 1.54) is 0 Å². The third-order valence-electron chi connectivity index (χ3n) is 4.31. The molecule has 0 aromatic heterocycles. The summed E-state index contributed by atoms with van der Waals surface area (Å²) in [6.45, 7) is 13.9. The molecule has 0 aliphatic heterocycles. The Morgan fingerprint density at radius 1 is 1.24 bits per heavy atom. The summed E-state index contributed by atoms with van der Waals surface area (Å²) < 4.78 is 13.6. The maximum absolute atomic E-state index is 13.6. The van der Waals surface area contributed by atoms with Crippen molar-refractivity contribution in [3.05, 3.63) is 34.6 Å². The molecule has 0 amide bonds. The van der Waals surface area contributed by atoms with Crippen molar-refractivity contribution in [3.8, 4) is 0 Å². The molecule has 1 unspecified atom stereocenters. The summed E-state index contributed by atoms with van der Waals surface area (Å²) in [5, 5.41) is 3.74. The van der Waals surface area contributed by atoms with Gasteiger partial charge in [-0.1, -0.05) is 38.4 Å². The van der Waals surface area contributed by atoms with Crippen molar-refractivity contribution in [2.24, 2.45) is 0 Å². The molecule has 0 aliphatic rings. The lowest BCUT2D eigenvalue weighted by atomic mass is 9.87. The number of rotatable bonds is 8. The molecular formula is C17H28ClFN2. The van der Waals surface area contributed by atoms with E-state index in [4.69, 9.17) is 11.6 Å². The summed E-state index contributed by atoms with van der Waals surface area (Å²) >= 11 is 5.76. The molecule has 1 N–H and O–H groups in total. The smallest absolute Gasteiger partial charge is 0.142 e. The summed E-state index contributed by atoms with van der Waals surface area (Å²) in [5.74, 6) is -0.343. The van der Waals surface area contributed by atoms with Gasteiger partial charge in [-0.05, 0) is 57.6 Å². The summed E-state index contributed by atoms with van der Waals surface area (Å²) in [7, 11) is 0. The highest BCUT2D eigenvalue weighted by Gasteiger charge is 2.33. The fourth-order valence-corrected chi connectivity index (χ4v) is 3.10. The van der Waals surface area contributed by atoms with Crippen LogP contribution in [0.25, 0.3) is 0 Å². The molecule has 4 heteroatoms. The second kappa shape index (κ2) is 8.11. The Morgan fingerprint density at radius 2 is 1.86 bits per heavy atom. The van der Waals surface area contributed by atoms with Gasteiger partial charge < -0.3 is 5.32 Å². The summed E-state index contributed by atoms with van der Waals surface area (Å²) in [4.78, 5) is 2.44. The molecular weight excluding hydrogens is 287 g/mol. The first-order chi connectivity index (χ1) is 9.86. The van der Waals surface area contributed by atoms with Crippen LogP contribution >= 0.6 is 11.6 Å². The second-order valence-corrected chi connectivity index (χ2v) is 6.30. The third-order valence-corrected chi connectivity index (χ3v) is 4.61. The summed E-state index contributed by atoms with van der Waals surface area (Å²) in [6.07, 6.45) is 0.783. The van der Waals surface area contributed by atoms with Crippen LogP contribution in [0.3, 0.4) is 0 Å². The van der Waals surface area contributed by atoms with Crippen molar-refractivity contribution in [2.45, 2.75) is 52.6 Å². The van der Waals surface area contributed by atoms with E-state index in [-0.39, 0.29) is 22.4 Å². The molecule has 1 rings (SSSR count). The van der Waals surface area contributed by atoms with Gasteiger partial charge in [0.2, 0.25) is 0 Å². The number of nitrogens with one attached hydrogen (secondary N) is 1. The SMILES string of the molecule is CCNC(Cc1ccc(Cl)c(F)c1)C(C)(C)N(CC)CC. The molecule has 0 aliphatic carbocycles. The van der Waals surface area contributed by atoms with Crippen molar-refractivity contribution < 1.29 is 4.39 Å². The maximum atomic E-state index is 13.6. The van der Waals surface area contributed by atoms with E-state index >= 15 is 0 Å². The molecule has 21 heavy (non-hydrogen) atoms. The van der Waals surface area contributed by atoms with Crippen molar-refractivity contribution in [2.75, 3.05) is 19.6 Å². The Labute approximate surface area is 133 Å². The van der Waals surface area contributed by atoms with E-state index in [2.05, 4.69) is 44.8 Å². The number of hydrogen-bond acceptors (Lipinski definition) is 2. The largest absolute Gasteiger partial charge is 0.312 e.